The molecule has 5 heteroatoms. The standard InChI is InChI=1S/C21H34N2O3/c1-2-3-4-5-6-7-8-9-10-11-16-22-20(25)21(26)23-17-18-12-14-19(24)15-13-18/h12-15,24H,2-11,16-17H2,1H3,(H,22,25)(H,23,26). The molecule has 0 saturated heterocycles. The predicted octanol–water partition coefficient (Wildman–Crippen LogP) is 4.05. The van der Waals surface area contributed by atoms with E-state index in [-0.39, 0.29) is 12.3 Å². The van der Waals surface area contributed by atoms with E-state index in [1.54, 1.807) is 24.3 Å². The minimum atomic E-state index is -0.620. The molecule has 26 heavy (non-hydrogen) atoms. The summed E-state index contributed by atoms with van der Waals surface area (Å²) < 4.78 is 0. The lowest BCUT2D eigenvalue weighted by molar-refractivity contribution is -0.139. The summed E-state index contributed by atoms with van der Waals surface area (Å²) in [6.45, 7) is 3.05. The van der Waals surface area contributed by atoms with Gasteiger partial charge in [0.2, 0.25) is 0 Å². The van der Waals surface area contributed by atoms with E-state index in [1.165, 1.54) is 51.4 Å². The molecule has 0 bridgehead atoms. The molecule has 0 aromatic heterocycles. The van der Waals surface area contributed by atoms with E-state index in [0.29, 0.717) is 6.54 Å². The third-order valence-corrected chi connectivity index (χ3v) is 4.41. The SMILES string of the molecule is CCCCCCCCCCCCNC(=O)C(=O)NCc1ccc(O)cc1. The average molecular weight is 363 g/mol. The summed E-state index contributed by atoms with van der Waals surface area (Å²) >= 11 is 0. The topological polar surface area (TPSA) is 78.4 Å². The van der Waals surface area contributed by atoms with E-state index in [9.17, 15) is 14.7 Å². The first-order chi connectivity index (χ1) is 12.6. The number of phenolic OH excluding ortho intramolecular Hbond substituents is 1. The Balaban J connectivity index is 1.97. The lowest BCUT2D eigenvalue weighted by atomic mass is 10.1. The maximum absolute atomic E-state index is 11.7. The van der Waals surface area contributed by atoms with Gasteiger partial charge in [0.05, 0.1) is 0 Å². The summed E-state index contributed by atoms with van der Waals surface area (Å²) in [5.74, 6) is -1.03. The molecule has 1 aromatic rings. The van der Waals surface area contributed by atoms with Gasteiger partial charge < -0.3 is 15.7 Å². The lowest BCUT2D eigenvalue weighted by Gasteiger charge is -2.07. The van der Waals surface area contributed by atoms with Gasteiger partial charge in [-0.1, -0.05) is 76.8 Å². The third-order valence-electron chi connectivity index (χ3n) is 4.41. The molecule has 2 amide bonds. The molecule has 0 heterocycles. The predicted molar refractivity (Wildman–Crippen MR) is 105 cm³/mol. The van der Waals surface area contributed by atoms with Crippen LogP contribution in [0.1, 0.15) is 76.7 Å². The fourth-order valence-corrected chi connectivity index (χ4v) is 2.77. The number of aromatic hydroxyl groups is 1. The van der Waals surface area contributed by atoms with E-state index in [4.69, 9.17) is 0 Å². The van der Waals surface area contributed by atoms with Crippen LogP contribution in [0.15, 0.2) is 24.3 Å². The lowest BCUT2D eigenvalue weighted by Crippen LogP contribution is -2.39. The van der Waals surface area contributed by atoms with Gasteiger partial charge in [-0.2, -0.15) is 0 Å². The highest BCUT2D eigenvalue weighted by Crippen LogP contribution is 2.10. The number of hydrogen-bond acceptors (Lipinski definition) is 3. The number of phenols is 1. The second kappa shape index (κ2) is 14.2. The summed E-state index contributed by atoms with van der Waals surface area (Å²) in [7, 11) is 0. The van der Waals surface area contributed by atoms with Gasteiger partial charge in [0.1, 0.15) is 5.75 Å². The first kappa shape index (κ1) is 22.0. The van der Waals surface area contributed by atoms with Crippen LogP contribution in [-0.4, -0.2) is 23.5 Å². The molecule has 0 saturated carbocycles. The Bertz CT molecular complexity index is 514. The number of nitrogens with one attached hydrogen (secondary N) is 2. The van der Waals surface area contributed by atoms with E-state index in [2.05, 4.69) is 17.6 Å². The Hall–Kier alpha value is -2.04. The highest BCUT2D eigenvalue weighted by molar-refractivity contribution is 6.35. The summed E-state index contributed by atoms with van der Waals surface area (Å²) in [4.78, 5) is 23.4. The van der Waals surface area contributed by atoms with Crippen LogP contribution in [0, 0.1) is 0 Å². The first-order valence-corrected chi connectivity index (χ1v) is 9.97. The number of carbonyl (C=O) groups is 2. The summed E-state index contributed by atoms with van der Waals surface area (Å²) in [5, 5.41) is 14.4. The van der Waals surface area contributed by atoms with Crippen molar-refractivity contribution in [3.63, 3.8) is 0 Å². The van der Waals surface area contributed by atoms with Crippen LogP contribution < -0.4 is 10.6 Å². The number of unbranched alkanes of at least 4 members (excludes halogenated alkanes) is 9. The van der Waals surface area contributed by atoms with Crippen molar-refractivity contribution in [2.75, 3.05) is 6.54 Å². The van der Waals surface area contributed by atoms with Gasteiger partial charge in [0.15, 0.2) is 0 Å². The second-order valence-corrected chi connectivity index (χ2v) is 6.79. The Morgan fingerprint density at radius 1 is 0.769 bits per heavy atom. The average Bonchev–Trinajstić information content (AvgIpc) is 2.65. The van der Waals surface area contributed by atoms with Crippen molar-refractivity contribution in [3.05, 3.63) is 29.8 Å². The largest absolute Gasteiger partial charge is 0.508 e. The normalized spacial score (nSPS) is 10.5. The van der Waals surface area contributed by atoms with Crippen LogP contribution in [0.2, 0.25) is 0 Å². The van der Waals surface area contributed by atoms with Gasteiger partial charge in [-0.25, -0.2) is 0 Å². The van der Waals surface area contributed by atoms with Crippen LogP contribution in [0.25, 0.3) is 0 Å². The van der Waals surface area contributed by atoms with E-state index in [1.807, 2.05) is 0 Å². The van der Waals surface area contributed by atoms with Crippen molar-refractivity contribution in [2.24, 2.45) is 0 Å². The quantitative estimate of drug-likeness (QED) is 0.366. The number of benzene rings is 1. The number of hydrogen-bond donors (Lipinski definition) is 3. The van der Waals surface area contributed by atoms with Crippen molar-refractivity contribution < 1.29 is 14.7 Å². The summed E-state index contributed by atoms with van der Waals surface area (Å²) in [5.41, 5.74) is 0.832. The maximum Gasteiger partial charge on any atom is 0.309 e. The Kier molecular flexibility index (Phi) is 12.0. The van der Waals surface area contributed by atoms with Gasteiger partial charge in [-0.3, -0.25) is 9.59 Å². The van der Waals surface area contributed by atoms with Crippen molar-refractivity contribution in [1.29, 1.82) is 0 Å². The molecule has 0 aliphatic heterocycles. The molecule has 1 rings (SSSR count). The Morgan fingerprint density at radius 2 is 1.27 bits per heavy atom. The minimum Gasteiger partial charge on any atom is -0.508 e. The minimum absolute atomic E-state index is 0.175. The van der Waals surface area contributed by atoms with Gasteiger partial charge in [0.25, 0.3) is 0 Å². The highest BCUT2D eigenvalue weighted by atomic mass is 16.3. The zero-order valence-corrected chi connectivity index (χ0v) is 16.1. The van der Waals surface area contributed by atoms with E-state index in [0.717, 1.165) is 18.4 Å². The molecular weight excluding hydrogens is 328 g/mol. The molecular formula is C21H34N2O3. The zero-order valence-electron chi connectivity index (χ0n) is 16.1. The second-order valence-electron chi connectivity index (χ2n) is 6.79. The van der Waals surface area contributed by atoms with Gasteiger partial charge in [0, 0.05) is 13.1 Å². The maximum atomic E-state index is 11.7. The molecule has 0 radical (unpaired) electrons. The third kappa shape index (κ3) is 10.7. The number of amides is 2. The molecule has 0 aliphatic rings. The van der Waals surface area contributed by atoms with Crippen LogP contribution in [0.4, 0.5) is 0 Å². The summed E-state index contributed by atoms with van der Waals surface area (Å²) in [6.07, 6.45) is 12.4. The first-order valence-electron chi connectivity index (χ1n) is 9.97. The van der Waals surface area contributed by atoms with Crippen LogP contribution in [-0.2, 0) is 16.1 Å². The highest BCUT2D eigenvalue weighted by Gasteiger charge is 2.11. The molecule has 0 fully saturated rings. The van der Waals surface area contributed by atoms with Gasteiger partial charge in [-0.15, -0.1) is 0 Å². The van der Waals surface area contributed by atoms with Crippen LogP contribution in [0.3, 0.4) is 0 Å². The van der Waals surface area contributed by atoms with Crippen molar-refractivity contribution >= 4 is 11.8 Å². The molecule has 5 nitrogen and oxygen atoms in total. The van der Waals surface area contributed by atoms with E-state index < -0.39 is 11.8 Å². The van der Waals surface area contributed by atoms with Gasteiger partial charge in [-0.05, 0) is 24.1 Å². The number of rotatable bonds is 13. The fraction of sp³-hybridized carbons (Fsp3) is 0.619. The van der Waals surface area contributed by atoms with Crippen molar-refractivity contribution in [1.82, 2.24) is 10.6 Å². The molecule has 0 spiro atoms. The molecule has 0 atom stereocenters. The van der Waals surface area contributed by atoms with E-state index >= 15 is 0 Å². The molecule has 1 aromatic carbocycles. The number of carbonyl (C=O) groups excluding carboxylic acids is 2. The molecule has 0 unspecified atom stereocenters. The zero-order chi connectivity index (χ0) is 19.0. The monoisotopic (exact) mass is 362 g/mol. The van der Waals surface area contributed by atoms with Gasteiger partial charge >= 0.3 is 11.8 Å². The summed E-state index contributed by atoms with van der Waals surface area (Å²) in [6, 6.07) is 6.51. The Labute approximate surface area is 157 Å². The van der Waals surface area contributed by atoms with Crippen molar-refractivity contribution in [2.45, 2.75) is 77.7 Å². The van der Waals surface area contributed by atoms with Crippen LogP contribution in [0.5, 0.6) is 5.75 Å². The molecule has 3 N–H and O–H groups in total. The fourth-order valence-electron chi connectivity index (χ4n) is 2.77. The molecule has 0 aliphatic carbocycles. The smallest absolute Gasteiger partial charge is 0.309 e. The molecule has 146 valence electrons. The van der Waals surface area contributed by atoms with Crippen molar-refractivity contribution in [3.8, 4) is 5.75 Å². The Morgan fingerprint density at radius 3 is 1.85 bits per heavy atom. The van der Waals surface area contributed by atoms with Crippen LogP contribution >= 0.6 is 0 Å².